The van der Waals surface area contributed by atoms with Crippen LogP contribution < -0.4 is 5.32 Å². The minimum absolute atomic E-state index is 0.0653. The van der Waals surface area contributed by atoms with E-state index in [0.717, 1.165) is 6.07 Å². The highest BCUT2D eigenvalue weighted by Gasteiger charge is 2.10. The average molecular weight is 221 g/mol. The zero-order valence-electron chi connectivity index (χ0n) is 8.88. The first-order valence-corrected chi connectivity index (χ1v) is 4.81. The Kier molecular flexibility index (Phi) is 4.34. The van der Waals surface area contributed by atoms with E-state index in [1.807, 2.05) is 0 Å². The van der Waals surface area contributed by atoms with Crippen LogP contribution in [-0.4, -0.2) is 17.6 Å². The SMILES string of the molecule is CC#CCCNc1ccc(F)cc1C(=O)O. The van der Waals surface area contributed by atoms with E-state index in [-0.39, 0.29) is 5.56 Å². The number of carboxylic acid groups (broad SMARTS) is 1. The predicted molar refractivity (Wildman–Crippen MR) is 59.9 cm³/mol. The lowest BCUT2D eigenvalue weighted by atomic mass is 10.1. The first kappa shape index (κ1) is 12.1. The van der Waals surface area contributed by atoms with Crippen LogP contribution in [0.3, 0.4) is 0 Å². The number of aromatic carboxylic acids is 1. The van der Waals surface area contributed by atoms with Crippen molar-refractivity contribution >= 4 is 11.7 Å². The quantitative estimate of drug-likeness (QED) is 0.606. The highest BCUT2D eigenvalue weighted by Crippen LogP contribution is 2.16. The lowest BCUT2D eigenvalue weighted by molar-refractivity contribution is 0.0697. The van der Waals surface area contributed by atoms with Crippen molar-refractivity contribution in [2.75, 3.05) is 11.9 Å². The zero-order chi connectivity index (χ0) is 12.0. The zero-order valence-corrected chi connectivity index (χ0v) is 8.88. The molecule has 0 amide bonds. The molecule has 0 radical (unpaired) electrons. The molecule has 4 heteroatoms. The van der Waals surface area contributed by atoms with Gasteiger partial charge in [0.25, 0.3) is 0 Å². The minimum Gasteiger partial charge on any atom is -0.478 e. The van der Waals surface area contributed by atoms with E-state index in [1.54, 1.807) is 6.92 Å². The number of nitrogens with one attached hydrogen (secondary N) is 1. The topological polar surface area (TPSA) is 49.3 Å². The van der Waals surface area contributed by atoms with Gasteiger partial charge >= 0.3 is 5.97 Å². The lowest BCUT2D eigenvalue weighted by Crippen LogP contribution is -2.07. The van der Waals surface area contributed by atoms with Crippen molar-refractivity contribution in [2.24, 2.45) is 0 Å². The van der Waals surface area contributed by atoms with Crippen LogP contribution in [0.15, 0.2) is 18.2 Å². The summed E-state index contributed by atoms with van der Waals surface area (Å²) in [5.74, 6) is 3.87. The second-order valence-electron chi connectivity index (χ2n) is 3.10. The third-order valence-electron chi connectivity index (χ3n) is 1.95. The van der Waals surface area contributed by atoms with Crippen LogP contribution in [0.4, 0.5) is 10.1 Å². The van der Waals surface area contributed by atoms with Crippen molar-refractivity contribution in [2.45, 2.75) is 13.3 Å². The van der Waals surface area contributed by atoms with Gasteiger partial charge in [-0.25, -0.2) is 9.18 Å². The lowest BCUT2D eigenvalue weighted by Gasteiger charge is -2.07. The van der Waals surface area contributed by atoms with Gasteiger partial charge in [0.2, 0.25) is 0 Å². The van der Waals surface area contributed by atoms with Gasteiger partial charge in [0.1, 0.15) is 5.82 Å². The van der Waals surface area contributed by atoms with Crippen LogP contribution >= 0.6 is 0 Å². The standard InChI is InChI=1S/C12H12FNO2/c1-2-3-4-7-14-11-6-5-9(13)8-10(11)12(15)16/h5-6,8,14H,4,7H2,1H3,(H,15,16). The highest BCUT2D eigenvalue weighted by atomic mass is 19.1. The van der Waals surface area contributed by atoms with Crippen molar-refractivity contribution in [1.82, 2.24) is 0 Å². The van der Waals surface area contributed by atoms with Crippen LogP contribution in [0, 0.1) is 17.7 Å². The number of hydrogen-bond acceptors (Lipinski definition) is 2. The molecule has 1 aromatic carbocycles. The van der Waals surface area contributed by atoms with E-state index >= 15 is 0 Å². The van der Waals surface area contributed by atoms with Gasteiger partial charge in [0, 0.05) is 18.7 Å². The number of anilines is 1. The largest absolute Gasteiger partial charge is 0.478 e. The van der Waals surface area contributed by atoms with Crippen LogP contribution in [0.1, 0.15) is 23.7 Å². The van der Waals surface area contributed by atoms with E-state index in [2.05, 4.69) is 17.2 Å². The molecule has 0 saturated heterocycles. The number of halogens is 1. The van der Waals surface area contributed by atoms with E-state index in [9.17, 15) is 9.18 Å². The molecule has 0 atom stereocenters. The smallest absolute Gasteiger partial charge is 0.337 e. The summed E-state index contributed by atoms with van der Waals surface area (Å²) in [5.41, 5.74) is 0.344. The summed E-state index contributed by atoms with van der Waals surface area (Å²) in [7, 11) is 0. The van der Waals surface area contributed by atoms with E-state index in [4.69, 9.17) is 5.11 Å². The monoisotopic (exact) mass is 221 g/mol. The summed E-state index contributed by atoms with van der Waals surface area (Å²) in [4.78, 5) is 10.8. The first-order chi connectivity index (χ1) is 7.65. The van der Waals surface area contributed by atoms with Gasteiger partial charge in [-0.2, -0.15) is 0 Å². The van der Waals surface area contributed by atoms with Gasteiger partial charge in [-0.15, -0.1) is 11.8 Å². The minimum atomic E-state index is -1.15. The average Bonchev–Trinajstić information content (AvgIpc) is 2.26. The molecule has 0 aromatic heterocycles. The fraction of sp³-hybridized carbons (Fsp3) is 0.250. The Hall–Kier alpha value is -2.02. The number of carbonyl (C=O) groups is 1. The maximum Gasteiger partial charge on any atom is 0.337 e. The Morgan fingerprint density at radius 1 is 1.56 bits per heavy atom. The molecule has 1 aromatic rings. The molecule has 84 valence electrons. The molecule has 0 aliphatic heterocycles. The molecule has 0 unspecified atom stereocenters. The summed E-state index contributed by atoms with van der Waals surface area (Å²) in [6, 6.07) is 3.63. The molecule has 0 aliphatic carbocycles. The van der Waals surface area contributed by atoms with Crippen LogP contribution in [0.2, 0.25) is 0 Å². The molecular weight excluding hydrogens is 209 g/mol. The van der Waals surface area contributed by atoms with Crippen molar-refractivity contribution in [3.05, 3.63) is 29.6 Å². The first-order valence-electron chi connectivity index (χ1n) is 4.81. The Morgan fingerprint density at radius 2 is 2.31 bits per heavy atom. The van der Waals surface area contributed by atoms with E-state index in [0.29, 0.717) is 18.7 Å². The van der Waals surface area contributed by atoms with Gasteiger partial charge in [-0.1, -0.05) is 0 Å². The fourth-order valence-electron chi connectivity index (χ4n) is 1.23. The fourth-order valence-corrected chi connectivity index (χ4v) is 1.23. The highest BCUT2D eigenvalue weighted by molar-refractivity contribution is 5.94. The normalized spacial score (nSPS) is 9.12. The van der Waals surface area contributed by atoms with Crippen molar-refractivity contribution in [3.63, 3.8) is 0 Å². The van der Waals surface area contributed by atoms with E-state index < -0.39 is 11.8 Å². The molecule has 0 fully saturated rings. The van der Waals surface area contributed by atoms with Crippen LogP contribution in [0.25, 0.3) is 0 Å². The summed E-state index contributed by atoms with van der Waals surface area (Å²) in [6.07, 6.45) is 0.618. The summed E-state index contributed by atoms with van der Waals surface area (Å²) in [6.45, 7) is 2.27. The number of benzene rings is 1. The number of carboxylic acids is 1. The van der Waals surface area contributed by atoms with E-state index in [1.165, 1.54) is 12.1 Å². The molecule has 16 heavy (non-hydrogen) atoms. The maximum atomic E-state index is 12.8. The molecule has 3 nitrogen and oxygen atoms in total. The van der Waals surface area contributed by atoms with Crippen molar-refractivity contribution in [1.29, 1.82) is 0 Å². The molecule has 1 rings (SSSR count). The molecule has 0 saturated carbocycles. The Bertz CT molecular complexity index is 446. The number of hydrogen-bond donors (Lipinski definition) is 2. The number of rotatable bonds is 4. The van der Waals surface area contributed by atoms with Gasteiger partial charge in [-0.3, -0.25) is 0 Å². The third-order valence-corrected chi connectivity index (χ3v) is 1.95. The van der Waals surface area contributed by atoms with Gasteiger partial charge in [0.15, 0.2) is 0 Å². The van der Waals surface area contributed by atoms with Crippen molar-refractivity contribution in [3.8, 4) is 11.8 Å². The van der Waals surface area contributed by atoms with Crippen molar-refractivity contribution < 1.29 is 14.3 Å². The van der Waals surface area contributed by atoms with Gasteiger partial charge in [0.05, 0.1) is 5.56 Å². The maximum absolute atomic E-state index is 12.8. The predicted octanol–water partition coefficient (Wildman–Crippen LogP) is 2.35. The molecule has 0 heterocycles. The molecule has 0 aliphatic rings. The Balaban J connectivity index is 2.77. The second-order valence-corrected chi connectivity index (χ2v) is 3.10. The van der Waals surface area contributed by atoms with Crippen LogP contribution in [0.5, 0.6) is 0 Å². The molecular formula is C12H12FNO2. The van der Waals surface area contributed by atoms with Gasteiger partial charge < -0.3 is 10.4 Å². The van der Waals surface area contributed by atoms with Crippen LogP contribution in [-0.2, 0) is 0 Å². The molecule has 0 spiro atoms. The Morgan fingerprint density at radius 3 is 2.94 bits per heavy atom. The van der Waals surface area contributed by atoms with Gasteiger partial charge in [-0.05, 0) is 25.1 Å². The summed E-state index contributed by atoms with van der Waals surface area (Å²) >= 11 is 0. The molecule has 2 N–H and O–H groups in total. The Labute approximate surface area is 93.3 Å². The summed E-state index contributed by atoms with van der Waals surface area (Å²) in [5, 5.41) is 11.8. The molecule has 0 bridgehead atoms. The second kappa shape index (κ2) is 5.76. The summed E-state index contributed by atoms with van der Waals surface area (Å²) < 4.78 is 12.8. The third kappa shape index (κ3) is 3.28.